The number of alkyl halides is 3. The standard InChI is InChI=1S/C26H28F4N2/c1-16(2)20-7-5-8-21(17(3)4)24(20)32-15-23-22(27)9-6-14-31(23)25(32)18-10-12-19(13-11-18)26(28,29)30/h5-14,16-17,23,25H,15H2,1-4H3. The highest BCUT2D eigenvalue weighted by Crippen LogP contribution is 2.46. The number of anilines is 1. The molecule has 2 aliphatic heterocycles. The Kier molecular flexibility index (Phi) is 5.82. The van der Waals surface area contributed by atoms with Crippen LogP contribution in [0.4, 0.5) is 23.2 Å². The van der Waals surface area contributed by atoms with E-state index in [-0.39, 0.29) is 17.7 Å². The topological polar surface area (TPSA) is 6.48 Å². The SMILES string of the molecule is CC(C)c1cccc(C(C)C)c1N1CC2C(F)=CC=CN2C1c1ccc(C(F)(F)F)cc1. The quantitative estimate of drug-likeness (QED) is 0.450. The molecule has 1 fully saturated rings. The first-order valence-corrected chi connectivity index (χ1v) is 11.0. The molecule has 0 bridgehead atoms. The third-order valence-electron chi connectivity index (χ3n) is 6.30. The molecular formula is C26H28F4N2. The van der Waals surface area contributed by atoms with Crippen molar-refractivity contribution in [2.75, 3.05) is 11.4 Å². The zero-order valence-corrected chi connectivity index (χ0v) is 18.7. The highest BCUT2D eigenvalue weighted by molar-refractivity contribution is 5.64. The maximum atomic E-state index is 14.8. The van der Waals surface area contributed by atoms with E-state index in [0.29, 0.717) is 12.1 Å². The molecule has 170 valence electrons. The van der Waals surface area contributed by atoms with Crippen LogP contribution >= 0.6 is 0 Å². The van der Waals surface area contributed by atoms with E-state index in [1.807, 2.05) is 17.2 Å². The third kappa shape index (κ3) is 3.91. The van der Waals surface area contributed by atoms with E-state index in [9.17, 15) is 17.6 Å². The highest BCUT2D eigenvalue weighted by atomic mass is 19.4. The summed E-state index contributed by atoms with van der Waals surface area (Å²) >= 11 is 0. The van der Waals surface area contributed by atoms with Crippen molar-refractivity contribution in [2.45, 2.75) is 57.9 Å². The Balaban J connectivity index is 1.88. The molecule has 0 N–H and O–H groups in total. The van der Waals surface area contributed by atoms with Crippen LogP contribution in [0.3, 0.4) is 0 Å². The van der Waals surface area contributed by atoms with Crippen molar-refractivity contribution in [2.24, 2.45) is 0 Å². The maximum absolute atomic E-state index is 14.8. The fourth-order valence-electron chi connectivity index (χ4n) is 4.73. The second kappa shape index (κ2) is 8.30. The summed E-state index contributed by atoms with van der Waals surface area (Å²) in [6.07, 6.45) is 0.153. The lowest BCUT2D eigenvalue weighted by Gasteiger charge is -2.36. The molecular weight excluding hydrogens is 416 g/mol. The molecule has 2 heterocycles. The Morgan fingerprint density at radius 3 is 2.03 bits per heavy atom. The van der Waals surface area contributed by atoms with Gasteiger partial charge >= 0.3 is 6.18 Å². The van der Waals surface area contributed by atoms with Crippen molar-refractivity contribution >= 4 is 5.69 Å². The van der Waals surface area contributed by atoms with Gasteiger partial charge in [0, 0.05) is 18.4 Å². The number of hydrogen-bond acceptors (Lipinski definition) is 2. The van der Waals surface area contributed by atoms with Gasteiger partial charge in [-0.05, 0) is 52.8 Å². The van der Waals surface area contributed by atoms with E-state index in [1.165, 1.54) is 18.2 Å². The van der Waals surface area contributed by atoms with Crippen LogP contribution in [0.15, 0.2) is 66.6 Å². The molecule has 2 nitrogen and oxygen atoms in total. The molecule has 6 heteroatoms. The Labute approximate surface area is 186 Å². The van der Waals surface area contributed by atoms with E-state index < -0.39 is 23.9 Å². The van der Waals surface area contributed by atoms with Crippen molar-refractivity contribution < 1.29 is 17.6 Å². The zero-order chi connectivity index (χ0) is 23.2. The summed E-state index contributed by atoms with van der Waals surface area (Å²) in [5.74, 6) is 0.246. The average Bonchev–Trinajstić information content (AvgIpc) is 3.13. The highest BCUT2D eigenvalue weighted by Gasteiger charge is 2.43. The molecule has 0 aromatic heterocycles. The normalized spacial score (nSPS) is 20.9. The van der Waals surface area contributed by atoms with Gasteiger partial charge in [0.1, 0.15) is 18.0 Å². The molecule has 0 amide bonds. The fourth-order valence-corrected chi connectivity index (χ4v) is 4.73. The molecule has 4 rings (SSSR count). The first kappa shape index (κ1) is 22.4. The lowest BCUT2D eigenvalue weighted by Crippen LogP contribution is -2.31. The average molecular weight is 445 g/mol. The Hall–Kier alpha value is -2.76. The largest absolute Gasteiger partial charge is 0.416 e. The number of para-hydroxylation sites is 1. The van der Waals surface area contributed by atoms with Crippen LogP contribution in [0.25, 0.3) is 0 Å². The van der Waals surface area contributed by atoms with Gasteiger partial charge in [-0.2, -0.15) is 13.2 Å². The molecule has 2 aromatic carbocycles. The van der Waals surface area contributed by atoms with Crippen LogP contribution in [0.5, 0.6) is 0 Å². The minimum absolute atomic E-state index is 0.236. The first-order chi connectivity index (χ1) is 15.1. The van der Waals surface area contributed by atoms with E-state index >= 15 is 0 Å². The Morgan fingerprint density at radius 2 is 1.50 bits per heavy atom. The molecule has 2 atom stereocenters. The molecule has 0 aliphatic carbocycles. The predicted molar refractivity (Wildman–Crippen MR) is 120 cm³/mol. The number of rotatable bonds is 4. The van der Waals surface area contributed by atoms with Gasteiger partial charge in [-0.25, -0.2) is 4.39 Å². The van der Waals surface area contributed by atoms with E-state index in [1.54, 1.807) is 6.08 Å². The smallest absolute Gasteiger partial charge is 0.344 e. The summed E-state index contributed by atoms with van der Waals surface area (Å²) in [5.41, 5.74) is 3.38. The predicted octanol–water partition coefficient (Wildman–Crippen LogP) is 7.52. The summed E-state index contributed by atoms with van der Waals surface area (Å²) in [7, 11) is 0. The first-order valence-electron chi connectivity index (χ1n) is 11.0. The number of nitrogens with zero attached hydrogens (tertiary/aromatic N) is 2. The third-order valence-corrected chi connectivity index (χ3v) is 6.30. The van der Waals surface area contributed by atoms with Gasteiger partial charge in [-0.15, -0.1) is 0 Å². The van der Waals surface area contributed by atoms with Crippen molar-refractivity contribution in [1.82, 2.24) is 4.90 Å². The molecule has 2 unspecified atom stereocenters. The van der Waals surface area contributed by atoms with E-state index in [4.69, 9.17) is 0 Å². The maximum Gasteiger partial charge on any atom is 0.416 e. The van der Waals surface area contributed by atoms with Crippen molar-refractivity contribution in [3.8, 4) is 0 Å². The van der Waals surface area contributed by atoms with Gasteiger partial charge < -0.3 is 9.80 Å². The van der Waals surface area contributed by atoms with Gasteiger partial charge in [0.2, 0.25) is 0 Å². The molecule has 0 radical (unpaired) electrons. The number of allylic oxidation sites excluding steroid dienone is 2. The van der Waals surface area contributed by atoms with Gasteiger partial charge in [-0.1, -0.05) is 58.0 Å². The number of fused-ring (bicyclic) bond motifs is 1. The summed E-state index contributed by atoms with van der Waals surface area (Å²) in [4.78, 5) is 4.08. The summed E-state index contributed by atoms with van der Waals surface area (Å²) in [5, 5.41) is 0. The molecule has 0 saturated carbocycles. The van der Waals surface area contributed by atoms with Crippen LogP contribution < -0.4 is 4.90 Å². The molecule has 2 aromatic rings. The number of benzene rings is 2. The van der Waals surface area contributed by atoms with Crippen LogP contribution in [-0.4, -0.2) is 17.5 Å². The molecule has 0 spiro atoms. The lowest BCUT2D eigenvalue weighted by molar-refractivity contribution is -0.137. The number of hydrogen-bond donors (Lipinski definition) is 0. The minimum atomic E-state index is -4.40. The number of halogens is 4. The van der Waals surface area contributed by atoms with E-state index in [0.717, 1.165) is 28.9 Å². The molecule has 1 saturated heterocycles. The second-order valence-corrected chi connectivity index (χ2v) is 9.10. The minimum Gasteiger partial charge on any atom is -0.344 e. The van der Waals surface area contributed by atoms with Gasteiger partial charge in [-0.3, -0.25) is 0 Å². The van der Waals surface area contributed by atoms with Crippen LogP contribution in [0, 0.1) is 0 Å². The summed E-state index contributed by atoms with van der Waals surface area (Å²) in [6, 6.07) is 11.0. The zero-order valence-electron chi connectivity index (χ0n) is 18.7. The van der Waals surface area contributed by atoms with Crippen LogP contribution in [-0.2, 0) is 6.18 Å². The van der Waals surface area contributed by atoms with Crippen molar-refractivity contribution in [3.63, 3.8) is 0 Å². The summed E-state index contributed by atoms with van der Waals surface area (Å²) < 4.78 is 54.3. The van der Waals surface area contributed by atoms with Gasteiger partial charge in [0.25, 0.3) is 0 Å². The second-order valence-electron chi connectivity index (χ2n) is 9.10. The fraction of sp³-hybridized carbons (Fsp3) is 0.385. The molecule has 2 aliphatic rings. The lowest BCUT2D eigenvalue weighted by atomic mass is 9.91. The van der Waals surface area contributed by atoms with Crippen LogP contribution in [0.1, 0.15) is 68.0 Å². The van der Waals surface area contributed by atoms with E-state index in [2.05, 4.69) is 44.7 Å². The van der Waals surface area contributed by atoms with Crippen LogP contribution in [0.2, 0.25) is 0 Å². The van der Waals surface area contributed by atoms with Crippen molar-refractivity contribution in [1.29, 1.82) is 0 Å². The van der Waals surface area contributed by atoms with Gasteiger partial charge in [0.15, 0.2) is 0 Å². The Morgan fingerprint density at radius 1 is 0.906 bits per heavy atom. The summed E-state index contributed by atoms with van der Waals surface area (Å²) in [6.45, 7) is 8.92. The van der Waals surface area contributed by atoms with Gasteiger partial charge in [0.05, 0.1) is 5.56 Å². The monoisotopic (exact) mass is 444 g/mol. The van der Waals surface area contributed by atoms with Crippen molar-refractivity contribution in [3.05, 3.63) is 88.9 Å². The Bertz CT molecular complexity index is 1010. The molecule has 32 heavy (non-hydrogen) atoms.